The molecule has 1 amide bonds. The van der Waals surface area contributed by atoms with Crippen LogP contribution in [-0.2, 0) is 17.8 Å². The highest BCUT2D eigenvalue weighted by Gasteiger charge is 2.36. The van der Waals surface area contributed by atoms with Gasteiger partial charge in [-0.1, -0.05) is 71.6 Å². The van der Waals surface area contributed by atoms with Crippen molar-refractivity contribution in [2.45, 2.75) is 57.5 Å². The fourth-order valence-electron chi connectivity index (χ4n) is 5.92. The summed E-state index contributed by atoms with van der Waals surface area (Å²) in [5, 5.41) is 0. The molecule has 33 heavy (non-hydrogen) atoms. The maximum absolute atomic E-state index is 13.7. The summed E-state index contributed by atoms with van der Waals surface area (Å²) < 4.78 is 1.20. The van der Waals surface area contributed by atoms with E-state index in [9.17, 15) is 4.79 Å². The van der Waals surface area contributed by atoms with Gasteiger partial charge >= 0.3 is 0 Å². The summed E-state index contributed by atoms with van der Waals surface area (Å²) in [6.07, 6.45) is 7.99. The van der Waals surface area contributed by atoms with Crippen LogP contribution in [0.1, 0.15) is 49.7 Å². The molecule has 2 aliphatic heterocycles. The first-order chi connectivity index (χ1) is 16.2. The van der Waals surface area contributed by atoms with Gasteiger partial charge in [0.2, 0.25) is 5.91 Å². The molecular formula is C28H36BrN3O. The number of benzene rings is 2. The Hall–Kier alpha value is -1.69. The third kappa shape index (κ3) is 5.36. The highest BCUT2D eigenvalue weighted by molar-refractivity contribution is 9.10. The zero-order valence-corrected chi connectivity index (χ0v) is 21.2. The van der Waals surface area contributed by atoms with E-state index in [0.29, 0.717) is 11.9 Å². The summed E-state index contributed by atoms with van der Waals surface area (Å²) in [5.41, 5.74) is 3.88. The van der Waals surface area contributed by atoms with E-state index in [-0.39, 0.29) is 5.92 Å². The fourth-order valence-corrected chi connectivity index (χ4v) is 6.33. The number of anilines is 1. The van der Waals surface area contributed by atoms with Crippen molar-refractivity contribution in [2.24, 2.45) is 5.92 Å². The maximum Gasteiger partial charge on any atom is 0.230 e. The summed E-state index contributed by atoms with van der Waals surface area (Å²) in [6, 6.07) is 17.4. The lowest BCUT2D eigenvalue weighted by atomic mass is 9.86. The number of carbonyl (C=O) groups excluding carboxylic acids is 1. The number of aryl methyl sites for hydroxylation is 1. The van der Waals surface area contributed by atoms with E-state index in [1.54, 1.807) is 0 Å². The lowest BCUT2D eigenvalue weighted by molar-refractivity contribution is -0.124. The van der Waals surface area contributed by atoms with E-state index in [1.807, 2.05) is 0 Å². The Bertz CT molecular complexity index is 950. The molecule has 2 aromatic rings. The number of nitrogens with zero attached hydrogens (tertiary/aromatic N) is 3. The summed E-state index contributed by atoms with van der Waals surface area (Å²) in [4.78, 5) is 21.1. The van der Waals surface area contributed by atoms with Crippen molar-refractivity contribution >= 4 is 27.5 Å². The predicted molar refractivity (Wildman–Crippen MR) is 138 cm³/mol. The molecule has 1 unspecified atom stereocenters. The molecule has 1 saturated carbocycles. The fraction of sp³-hybridized carbons (Fsp3) is 0.536. The van der Waals surface area contributed by atoms with Gasteiger partial charge < -0.3 is 4.90 Å². The molecule has 1 aliphatic carbocycles. The van der Waals surface area contributed by atoms with Crippen LogP contribution in [0.5, 0.6) is 0 Å². The van der Waals surface area contributed by atoms with Gasteiger partial charge in [0.1, 0.15) is 0 Å². The molecule has 5 heteroatoms. The molecule has 0 radical (unpaired) electrons. The lowest BCUT2D eigenvalue weighted by Crippen LogP contribution is -2.55. The lowest BCUT2D eigenvalue weighted by Gasteiger charge is -2.43. The number of amides is 1. The first-order valence-electron chi connectivity index (χ1n) is 12.8. The molecule has 2 aromatic carbocycles. The van der Waals surface area contributed by atoms with E-state index in [0.717, 1.165) is 65.0 Å². The molecule has 0 aromatic heterocycles. The molecule has 0 N–H and O–H groups in total. The van der Waals surface area contributed by atoms with Crippen LogP contribution in [0.4, 0.5) is 5.69 Å². The van der Waals surface area contributed by atoms with Crippen LogP contribution in [0.2, 0.25) is 0 Å². The Morgan fingerprint density at radius 3 is 2.33 bits per heavy atom. The predicted octanol–water partition coefficient (Wildman–Crippen LogP) is 5.50. The van der Waals surface area contributed by atoms with E-state index >= 15 is 0 Å². The van der Waals surface area contributed by atoms with Gasteiger partial charge in [0.25, 0.3) is 0 Å². The third-order valence-corrected chi connectivity index (χ3v) is 8.61. The molecule has 0 spiro atoms. The second-order valence-electron chi connectivity index (χ2n) is 10.0. The van der Waals surface area contributed by atoms with Crippen molar-refractivity contribution in [3.05, 3.63) is 64.1 Å². The van der Waals surface area contributed by atoms with Gasteiger partial charge in [-0.05, 0) is 48.9 Å². The first kappa shape index (κ1) is 23.1. The minimum atomic E-state index is 0.216. The second-order valence-corrected chi connectivity index (χ2v) is 10.9. The minimum absolute atomic E-state index is 0.216. The smallest absolute Gasteiger partial charge is 0.230 e. The number of hydrogen-bond donors (Lipinski definition) is 0. The highest BCUT2D eigenvalue weighted by Crippen LogP contribution is 2.35. The molecule has 4 nitrogen and oxygen atoms in total. The monoisotopic (exact) mass is 509 g/mol. The number of para-hydroxylation sites is 1. The Morgan fingerprint density at radius 1 is 0.848 bits per heavy atom. The molecule has 2 heterocycles. The molecule has 5 rings (SSSR count). The van der Waals surface area contributed by atoms with Crippen molar-refractivity contribution < 1.29 is 4.79 Å². The van der Waals surface area contributed by atoms with Crippen LogP contribution in [0.3, 0.4) is 0 Å². The molecule has 176 valence electrons. The minimum Gasteiger partial charge on any atom is -0.308 e. The van der Waals surface area contributed by atoms with Gasteiger partial charge in [0, 0.05) is 61.4 Å². The van der Waals surface area contributed by atoms with Gasteiger partial charge in [-0.3, -0.25) is 14.6 Å². The molecule has 1 saturated heterocycles. The number of fused-ring (bicyclic) bond motifs is 1. The maximum atomic E-state index is 13.7. The standard InChI is InChI=1S/C28H36BrN3O/c29-26-12-6-4-11-24(26)20-30-16-18-31(19-17-30)21-25-15-14-22-8-5-7-13-27(22)32(25)28(33)23-9-2-1-3-10-23/h4-8,11-13,23,25H,1-3,9-10,14-21H2. The van der Waals surface area contributed by atoms with E-state index in [4.69, 9.17) is 0 Å². The van der Waals surface area contributed by atoms with Crippen LogP contribution in [0.25, 0.3) is 0 Å². The van der Waals surface area contributed by atoms with Gasteiger partial charge in [0.05, 0.1) is 0 Å². The molecule has 0 bridgehead atoms. The van der Waals surface area contributed by atoms with Gasteiger partial charge in [-0.2, -0.15) is 0 Å². The number of rotatable bonds is 5. The SMILES string of the molecule is O=C(C1CCCCC1)N1c2ccccc2CCC1CN1CCN(Cc2ccccc2Br)CC1. The summed E-state index contributed by atoms with van der Waals surface area (Å²) in [7, 11) is 0. The van der Waals surface area contributed by atoms with E-state index in [1.165, 1.54) is 40.5 Å². The highest BCUT2D eigenvalue weighted by atomic mass is 79.9. The molecule has 2 fully saturated rings. The number of carbonyl (C=O) groups is 1. The Morgan fingerprint density at radius 2 is 1.55 bits per heavy atom. The van der Waals surface area contributed by atoms with Crippen LogP contribution in [-0.4, -0.2) is 54.5 Å². The molecule has 3 aliphatic rings. The van der Waals surface area contributed by atoms with Crippen molar-refractivity contribution in [3.63, 3.8) is 0 Å². The van der Waals surface area contributed by atoms with Crippen molar-refractivity contribution in [1.82, 2.24) is 9.80 Å². The van der Waals surface area contributed by atoms with Crippen LogP contribution >= 0.6 is 15.9 Å². The zero-order chi connectivity index (χ0) is 22.6. The third-order valence-electron chi connectivity index (χ3n) is 7.84. The van der Waals surface area contributed by atoms with Crippen LogP contribution in [0.15, 0.2) is 53.0 Å². The summed E-state index contributed by atoms with van der Waals surface area (Å²) in [6.45, 7) is 6.32. The van der Waals surface area contributed by atoms with Gasteiger partial charge in [-0.25, -0.2) is 0 Å². The topological polar surface area (TPSA) is 26.8 Å². The van der Waals surface area contributed by atoms with Crippen LogP contribution in [0, 0.1) is 5.92 Å². The number of hydrogen-bond acceptors (Lipinski definition) is 3. The van der Waals surface area contributed by atoms with Crippen molar-refractivity contribution in [2.75, 3.05) is 37.6 Å². The van der Waals surface area contributed by atoms with E-state index < -0.39 is 0 Å². The van der Waals surface area contributed by atoms with Crippen molar-refractivity contribution in [1.29, 1.82) is 0 Å². The average Bonchev–Trinajstić information content (AvgIpc) is 2.86. The second kappa shape index (κ2) is 10.7. The van der Waals surface area contributed by atoms with E-state index in [2.05, 4.69) is 79.2 Å². The normalized spacial score (nSPS) is 22.8. The Balaban J connectivity index is 1.24. The van der Waals surface area contributed by atoms with Crippen LogP contribution < -0.4 is 4.90 Å². The van der Waals surface area contributed by atoms with Gasteiger partial charge in [0.15, 0.2) is 0 Å². The number of halogens is 1. The zero-order valence-electron chi connectivity index (χ0n) is 19.6. The Kier molecular flexibility index (Phi) is 7.49. The van der Waals surface area contributed by atoms with Crippen molar-refractivity contribution in [3.8, 4) is 0 Å². The van der Waals surface area contributed by atoms with Gasteiger partial charge in [-0.15, -0.1) is 0 Å². The first-order valence-corrected chi connectivity index (χ1v) is 13.6. The average molecular weight is 511 g/mol. The quantitative estimate of drug-likeness (QED) is 0.532. The summed E-state index contributed by atoms with van der Waals surface area (Å²) in [5.74, 6) is 0.605. The molecule has 1 atom stereocenters. The summed E-state index contributed by atoms with van der Waals surface area (Å²) >= 11 is 3.69. The molecular weight excluding hydrogens is 474 g/mol. The Labute approximate surface area is 207 Å². The largest absolute Gasteiger partial charge is 0.308 e. The number of piperazine rings is 1.